The van der Waals surface area contributed by atoms with Gasteiger partial charge in [0.1, 0.15) is 0 Å². The number of aliphatic imine (C=N–C) groups is 1. The number of rotatable bonds is 10. The first-order valence-electron chi connectivity index (χ1n) is 9.69. The van der Waals surface area contributed by atoms with Crippen LogP contribution in [0.4, 0.5) is 0 Å². The fraction of sp³-hybridized carbons (Fsp3) is 0.684. The number of nitrogens with one attached hydrogen (secondary N) is 2. The van der Waals surface area contributed by atoms with Gasteiger partial charge in [0.15, 0.2) is 5.96 Å². The normalized spacial score (nSPS) is 16.5. The molecule has 2 rings (SSSR count). The van der Waals surface area contributed by atoms with Gasteiger partial charge >= 0.3 is 5.97 Å². The average Bonchev–Trinajstić information content (AvgIpc) is 3.33. The van der Waals surface area contributed by atoms with Crippen molar-refractivity contribution in [3.8, 4) is 0 Å². The van der Waals surface area contributed by atoms with E-state index in [9.17, 15) is 4.79 Å². The number of ether oxygens (including phenoxy) is 1. The van der Waals surface area contributed by atoms with Gasteiger partial charge in [-0.2, -0.15) is 0 Å². The predicted octanol–water partition coefficient (Wildman–Crippen LogP) is 2.78. The van der Waals surface area contributed by atoms with Crippen molar-refractivity contribution in [2.24, 2.45) is 4.99 Å². The lowest BCUT2D eigenvalue weighted by atomic mass is 10.2. The van der Waals surface area contributed by atoms with Crippen LogP contribution in [0.2, 0.25) is 0 Å². The molecule has 146 valence electrons. The topological polar surface area (TPSA) is 66.0 Å². The Morgan fingerprint density at radius 2 is 2.15 bits per heavy atom. The molecule has 1 aliphatic rings. The minimum Gasteiger partial charge on any atom is -0.466 e. The van der Waals surface area contributed by atoms with Gasteiger partial charge in [-0.25, -0.2) is 0 Å². The molecule has 2 N–H and O–H groups in total. The molecule has 1 aromatic rings. The maximum Gasteiger partial charge on any atom is 0.305 e. The molecule has 0 amide bonds. The molecule has 1 atom stereocenters. The second kappa shape index (κ2) is 11.9. The van der Waals surface area contributed by atoms with Crippen molar-refractivity contribution in [2.75, 3.05) is 39.3 Å². The van der Waals surface area contributed by atoms with E-state index in [1.165, 1.54) is 17.7 Å². The Labute approximate surface area is 161 Å². The fourth-order valence-corrected chi connectivity index (χ4v) is 3.96. The molecule has 0 spiro atoms. The number of carbonyl (C=O) groups excluding carboxylic acids is 1. The third kappa shape index (κ3) is 6.96. The molecule has 0 radical (unpaired) electrons. The first kappa shape index (κ1) is 20.7. The van der Waals surface area contributed by atoms with Gasteiger partial charge in [-0.15, -0.1) is 11.3 Å². The number of hydrogen-bond donors (Lipinski definition) is 2. The summed E-state index contributed by atoms with van der Waals surface area (Å²) in [5.41, 5.74) is 0. The minimum atomic E-state index is -0.136. The van der Waals surface area contributed by atoms with E-state index in [-0.39, 0.29) is 5.97 Å². The first-order chi connectivity index (χ1) is 12.7. The lowest BCUT2D eigenvalue weighted by Crippen LogP contribution is -2.39. The highest BCUT2D eigenvalue weighted by Gasteiger charge is 2.24. The summed E-state index contributed by atoms with van der Waals surface area (Å²) in [5.74, 6) is 0.681. The maximum absolute atomic E-state index is 11.4. The van der Waals surface area contributed by atoms with Gasteiger partial charge in [-0.05, 0) is 57.6 Å². The number of hydrogen-bond acceptors (Lipinski definition) is 5. The number of guanidine groups is 1. The van der Waals surface area contributed by atoms with Gasteiger partial charge in [0.2, 0.25) is 0 Å². The van der Waals surface area contributed by atoms with Crippen LogP contribution >= 0.6 is 11.3 Å². The molecule has 1 fully saturated rings. The van der Waals surface area contributed by atoms with Crippen LogP contribution in [0.5, 0.6) is 0 Å². The van der Waals surface area contributed by atoms with Crippen LogP contribution < -0.4 is 10.6 Å². The zero-order valence-electron chi connectivity index (χ0n) is 16.0. The Morgan fingerprint density at radius 3 is 2.81 bits per heavy atom. The molecule has 1 unspecified atom stereocenters. The monoisotopic (exact) mass is 380 g/mol. The molecular weight excluding hydrogens is 348 g/mol. The molecule has 0 bridgehead atoms. The molecular formula is C19H32N4O2S. The van der Waals surface area contributed by atoms with Crippen molar-refractivity contribution in [3.05, 3.63) is 22.4 Å². The van der Waals surface area contributed by atoms with Crippen molar-refractivity contribution in [3.63, 3.8) is 0 Å². The van der Waals surface area contributed by atoms with Gasteiger partial charge < -0.3 is 15.4 Å². The molecule has 1 aromatic heterocycles. The summed E-state index contributed by atoms with van der Waals surface area (Å²) in [6.07, 6.45) is 3.73. The van der Waals surface area contributed by atoms with Crippen LogP contribution in [-0.2, 0) is 9.53 Å². The summed E-state index contributed by atoms with van der Waals surface area (Å²) < 4.78 is 4.96. The first-order valence-corrected chi connectivity index (χ1v) is 10.6. The molecule has 2 heterocycles. The number of nitrogens with zero attached hydrogens (tertiary/aromatic N) is 2. The molecule has 0 aliphatic carbocycles. The molecule has 6 nitrogen and oxygen atoms in total. The van der Waals surface area contributed by atoms with E-state index >= 15 is 0 Å². The van der Waals surface area contributed by atoms with Crippen molar-refractivity contribution in [2.45, 2.75) is 45.6 Å². The van der Waals surface area contributed by atoms with E-state index in [2.05, 4.69) is 40.0 Å². The summed E-state index contributed by atoms with van der Waals surface area (Å²) in [7, 11) is 0. The van der Waals surface area contributed by atoms with E-state index in [0.717, 1.165) is 38.6 Å². The zero-order valence-corrected chi connectivity index (χ0v) is 16.8. The lowest BCUT2D eigenvalue weighted by molar-refractivity contribution is -0.143. The van der Waals surface area contributed by atoms with Crippen molar-refractivity contribution in [1.82, 2.24) is 15.5 Å². The van der Waals surface area contributed by atoms with E-state index in [1.54, 1.807) is 0 Å². The standard InChI is InChI=1S/C19H32N4O2S/c1-3-20-19(21-11-7-10-18(24)25-4-2)22-15-16(17-9-8-14-26-17)23-12-5-6-13-23/h8-9,14,16H,3-7,10-13,15H2,1-2H3,(H2,20,21,22). The van der Waals surface area contributed by atoms with E-state index in [4.69, 9.17) is 9.73 Å². The third-order valence-electron chi connectivity index (χ3n) is 4.38. The lowest BCUT2D eigenvalue weighted by Gasteiger charge is -2.25. The predicted molar refractivity (Wildman–Crippen MR) is 108 cm³/mol. The quantitative estimate of drug-likeness (QED) is 0.283. The van der Waals surface area contributed by atoms with Crippen LogP contribution in [0.1, 0.15) is 50.4 Å². The molecule has 1 saturated heterocycles. The molecule has 7 heteroatoms. The van der Waals surface area contributed by atoms with Gasteiger partial charge in [-0.1, -0.05) is 6.07 Å². The largest absolute Gasteiger partial charge is 0.466 e. The Hall–Kier alpha value is -1.60. The van der Waals surface area contributed by atoms with Gasteiger partial charge in [0.25, 0.3) is 0 Å². The highest BCUT2D eigenvalue weighted by molar-refractivity contribution is 7.10. The van der Waals surface area contributed by atoms with Crippen molar-refractivity contribution < 1.29 is 9.53 Å². The summed E-state index contributed by atoms with van der Waals surface area (Å²) in [5, 5.41) is 8.76. The number of esters is 1. The second-order valence-corrected chi connectivity index (χ2v) is 7.31. The summed E-state index contributed by atoms with van der Waals surface area (Å²) in [6.45, 7) is 8.91. The van der Waals surface area contributed by atoms with Gasteiger partial charge in [-0.3, -0.25) is 14.7 Å². The van der Waals surface area contributed by atoms with Crippen LogP contribution in [-0.4, -0.2) is 56.2 Å². The highest BCUT2D eigenvalue weighted by Crippen LogP contribution is 2.28. The Kier molecular flexibility index (Phi) is 9.48. The summed E-state index contributed by atoms with van der Waals surface area (Å²) >= 11 is 1.81. The van der Waals surface area contributed by atoms with Crippen LogP contribution in [0, 0.1) is 0 Å². The fourth-order valence-electron chi connectivity index (χ4n) is 3.11. The third-order valence-corrected chi connectivity index (χ3v) is 5.35. The summed E-state index contributed by atoms with van der Waals surface area (Å²) in [4.78, 5) is 20.1. The second-order valence-electron chi connectivity index (χ2n) is 6.33. The number of thiophene rings is 1. The smallest absolute Gasteiger partial charge is 0.305 e. The molecule has 0 aromatic carbocycles. The van der Waals surface area contributed by atoms with Crippen LogP contribution in [0.15, 0.2) is 22.5 Å². The van der Waals surface area contributed by atoms with Crippen LogP contribution in [0.3, 0.4) is 0 Å². The molecule has 1 aliphatic heterocycles. The molecule has 26 heavy (non-hydrogen) atoms. The zero-order chi connectivity index (χ0) is 18.6. The Morgan fingerprint density at radius 1 is 1.35 bits per heavy atom. The number of carbonyl (C=O) groups is 1. The van der Waals surface area contributed by atoms with E-state index in [1.807, 2.05) is 18.3 Å². The van der Waals surface area contributed by atoms with Gasteiger partial charge in [0.05, 0.1) is 19.2 Å². The van der Waals surface area contributed by atoms with E-state index in [0.29, 0.717) is 25.6 Å². The van der Waals surface area contributed by atoms with Crippen molar-refractivity contribution >= 4 is 23.3 Å². The Bertz CT molecular complexity index is 542. The average molecular weight is 381 g/mol. The summed E-state index contributed by atoms with van der Waals surface area (Å²) in [6, 6.07) is 4.68. The number of likely N-dealkylation sites (tertiary alicyclic amines) is 1. The Balaban J connectivity index is 1.87. The SMILES string of the molecule is CCNC(=NCC(c1cccs1)N1CCCC1)NCCCC(=O)OCC. The highest BCUT2D eigenvalue weighted by atomic mass is 32.1. The maximum atomic E-state index is 11.4. The van der Waals surface area contributed by atoms with Crippen molar-refractivity contribution in [1.29, 1.82) is 0 Å². The van der Waals surface area contributed by atoms with Gasteiger partial charge in [0, 0.05) is 24.4 Å². The minimum absolute atomic E-state index is 0.136. The molecule has 0 saturated carbocycles. The van der Waals surface area contributed by atoms with E-state index < -0.39 is 0 Å². The van der Waals surface area contributed by atoms with Crippen LogP contribution in [0.25, 0.3) is 0 Å².